The molecule has 0 aliphatic heterocycles. The van der Waals surface area contributed by atoms with E-state index in [-0.39, 0.29) is 12.4 Å². The molecule has 0 atom stereocenters. The third-order valence-electron chi connectivity index (χ3n) is 1.38. The number of aryl methyl sites for hydroxylation is 1. The van der Waals surface area contributed by atoms with E-state index in [1.807, 2.05) is 17.7 Å². The summed E-state index contributed by atoms with van der Waals surface area (Å²) in [5.74, 6) is 0.852. The maximum absolute atomic E-state index is 8.35. The zero-order chi connectivity index (χ0) is 7.40. The highest BCUT2D eigenvalue weighted by molar-refractivity contribution is 5.85. The maximum Gasteiger partial charge on any atom is 0.122 e. The van der Waals surface area contributed by atoms with Crippen molar-refractivity contribution in [2.45, 2.75) is 19.9 Å². The van der Waals surface area contributed by atoms with E-state index in [0.29, 0.717) is 6.42 Å². The Labute approximate surface area is 72.1 Å². The Morgan fingerprint density at radius 2 is 2.45 bits per heavy atom. The van der Waals surface area contributed by atoms with Crippen LogP contribution in [0.25, 0.3) is 0 Å². The molecule has 0 N–H and O–H groups in total. The summed E-state index contributed by atoms with van der Waals surface area (Å²) in [5.41, 5.74) is 0. The molecular formula is C7H10ClN3. The number of hydrogen-bond donors (Lipinski definition) is 0. The highest BCUT2D eigenvalue weighted by atomic mass is 35.5. The fourth-order valence-electron chi connectivity index (χ4n) is 0.866. The Kier molecular flexibility index (Phi) is 4.32. The summed E-state index contributed by atoms with van der Waals surface area (Å²) in [6, 6.07) is 2.06. The number of imidazole rings is 1. The van der Waals surface area contributed by atoms with Crippen LogP contribution >= 0.6 is 12.4 Å². The van der Waals surface area contributed by atoms with E-state index in [2.05, 4.69) is 11.1 Å². The van der Waals surface area contributed by atoms with Crippen LogP contribution in [-0.2, 0) is 13.0 Å². The molecule has 0 aliphatic rings. The minimum absolute atomic E-state index is 0. The molecule has 4 heteroatoms. The van der Waals surface area contributed by atoms with Crippen molar-refractivity contribution in [2.75, 3.05) is 0 Å². The Balaban J connectivity index is 0.000001000. The first-order valence-electron chi connectivity index (χ1n) is 3.25. The second-order valence-electron chi connectivity index (χ2n) is 1.96. The summed E-state index contributed by atoms with van der Waals surface area (Å²) in [6.45, 7) is 2.92. The second-order valence-corrected chi connectivity index (χ2v) is 1.96. The average Bonchev–Trinajstić information content (AvgIpc) is 2.36. The molecule has 0 spiro atoms. The minimum Gasteiger partial charge on any atom is -0.334 e. The number of nitrogens with zero attached hydrogens (tertiary/aromatic N) is 3. The average molecular weight is 172 g/mol. The van der Waals surface area contributed by atoms with Gasteiger partial charge in [-0.2, -0.15) is 5.26 Å². The maximum atomic E-state index is 8.35. The SMILES string of the molecule is CCn1ccnc1CC#N.Cl. The number of nitriles is 1. The summed E-state index contributed by atoms with van der Waals surface area (Å²) in [5, 5.41) is 8.35. The zero-order valence-corrected chi connectivity index (χ0v) is 7.14. The normalized spacial score (nSPS) is 8.36. The first-order valence-corrected chi connectivity index (χ1v) is 3.25. The smallest absolute Gasteiger partial charge is 0.122 e. The van der Waals surface area contributed by atoms with Gasteiger partial charge in [-0.15, -0.1) is 12.4 Å². The van der Waals surface area contributed by atoms with Gasteiger partial charge >= 0.3 is 0 Å². The van der Waals surface area contributed by atoms with Gasteiger partial charge in [0.1, 0.15) is 5.82 Å². The molecule has 1 aromatic heterocycles. The monoisotopic (exact) mass is 171 g/mol. The van der Waals surface area contributed by atoms with Gasteiger partial charge in [0.15, 0.2) is 0 Å². The Morgan fingerprint density at radius 3 is 3.00 bits per heavy atom. The highest BCUT2D eigenvalue weighted by Crippen LogP contribution is 1.96. The van der Waals surface area contributed by atoms with Crippen LogP contribution in [-0.4, -0.2) is 9.55 Å². The van der Waals surface area contributed by atoms with Crippen molar-refractivity contribution in [3.05, 3.63) is 18.2 Å². The summed E-state index contributed by atoms with van der Waals surface area (Å²) in [6.07, 6.45) is 4.00. The van der Waals surface area contributed by atoms with Crippen molar-refractivity contribution in [3.8, 4) is 6.07 Å². The molecule has 0 fully saturated rings. The lowest BCUT2D eigenvalue weighted by Crippen LogP contribution is -1.98. The fourth-order valence-corrected chi connectivity index (χ4v) is 0.866. The lowest BCUT2D eigenvalue weighted by molar-refractivity contribution is 0.717. The lowest BCUT2D eigenvalue weighted by Gasteiger charge is -1.97. The van der Waals surface area contributed by atoms with Crippen molar-refractivity contribution in [3.63, 3.8) is 0 Å². The molecule has 0 aliphatic carbocycles. The number of rotatable bonds is 2. The Hall–Kier alpha value is -1.01. The molecule has 0 amide bonds. The van der Waals surface area contributed by atoms with Crippen molar-refractivity contribution in [1.29, 1.82) is 5.26 Å². The van der Waals surface area contributed by atoms with Crippen molar-refractivity contribution in [1.82, 2.24) is 9.55 Å². The molecule has 0 radical (unpaired) electrons. The zero-order valence-electron chi connectivity index (χ0n) is 6.32. The van der Waals surface area contributed by atoms with E-state index < -0.39 is 0 Å². The largest absolute Gasteiger partial charge is 0.334 e. The Morgan fingerprint density at radius 1 is 1.73 bits per heavy atom. The molecule has 3 nitrogen and oxygen atoms in total. The number of hydrogen-bond acceptors (Lipinski definition) is 2. The Bertz CT molecular complexity index is 248. The van der Waals surface area contributed by atoms with Crippen LogP contribution in [0, 0.1) is 11.3 Å². The number of aromatic nitrogens is 2. The van der Waals surface area contributed by atoms with Crippen molar-refractivity contribution < 1.29 is 0 Å². The molecule has 60 valence electrons. The summed E-state index contributed by atoms with van der Waals surface area (Å²) < 4.78 is 1.96. The van der Waals surface area contributed by atoms with E-state index in [9.17, 15) is 0 Å². The summed E-state index contributed by atoms with van der Waals surface area (Å²) in [4.78, 5) is 4.02. The topological polar surface area (TPSA) is 41.6 Å². The lowest BCUT2D eigenvalue weighted by atomic mass is 10.4. The van der Waals surface area contributed by atoms with Crippen molar-refractivity contribution in [2.24, 2.45) is 0 Å². The molecule has 0 aromatic carbocycles. The molecule has 0 unspecified atom stereocenters. The van der Waals surface area contributed by atoms with Gasteiger partial charge < -0.3 is 4.57 Å². The minimum atomic E-state index is 0. The van der Waals surface area contributed by atoms with E-state index in [0.717, 1.165) is 12.4 Å². The summed E-state index contributed by atoms with van der Waals surface area (Å²) >= 11 is 0. The molecule has 1 heterocycles. The predicted molar refractivity (Wildman–Crippen MR) is 44.5 cm³/mol. The van der Waals surface area contributed by atoms with Gasteiger partial charge in [0.25, 0.3) is 0 Å². The summed E-state index contributed by atoms with van der Waals surface area (Å²) in [7, 11) is 0. The third-order valence-corrected chi connectivity index (χ3v) is 1.38. The van der Waals surface area contributed by atoms with Crippen LogP contribution in [0.2, 0.25) is 0 Å². The van der Waals surface area contributed by atoms with Gasteiger partial charge in [-0.3, -0.25) is 0 Å². The van der Waals surface area contributed by atoms with Crippen LogP contribution < -0.4 is 0 Å². The van der Waals surface area contributed by atoms with Gasteiger partial charge in [0, 0.05) is 18.9 Å². The molecule has 0 saturated heterocycles. The van der Waals surface area contributed by atoms with Crippen LogP contribution in [0.1, 0.15) is 12.7 Å². The second kappa shape index (κ2) is 4.75. The third kappa shape index (κ3) is 2.24. The predicted octanol–water partition coefficient (Wildman–Crippen LogP) is 1.39. The van der Waals surface area contributed by atoms with Gasteiger partial charge in [-0.05, 0) is 6.92 Å². The van der Waals surface area contributed by atoms with Crippen LogP contribution in [0.15, 0.2) is 12.4 Å². The first-order chi connectivity index (χ1) is 4.88. The van der Waals surface area contributed by atoms with Crippen LogP contribution in [0.5, 0.6) is 0 Å². The van der Waals surface area contributed by atoms with Crippen LogP contribution in [0.3, 0.4) is 0 Å². The highest BCUT2D eigenvalue weighted by Gasteiger charge is 1.97. The van der Waals surface area contributed by atoms with Gasteiger partial charge in [0.05, 0.1) is 12.5 Å². The van der Waals surface area contributed by atoms with Gasteiger partial charge in [-0.25, -0.2) is 4.98 Å². The van der Waals surface area contributed by atoms with Crippen LogP contribution in [0.4, 0.5) is 0 Å². The number of halogens is 1. The van der Waals surface area contributed by atoms with Crippen molar-refractivity contribution >= 4 is 12.4 Å². The molecule has 11 heavy (non-hydrogen) atoms. The first kappa shape index (κ1) is 9.99. The quantitative estimate of drug-likeness (QED) is 0.675. The van der Waals surface area contributed by atoms with Gasteiger partial charge in [-0.1, -0.05) is 0 Å². The molecule has 0 bridgehead atoms. The van der Waals surface area contributed by atoms with Gasteiger partial charge in [0.2, 0.25) is 0 Å². The fraction of sp³-hybridized carbons (Fsp3) is 0.429. The molecule has 1 aromatic rings. The molecular weight excluding hydrogens is 162 g/mol. The van der Waals surface area contributed by atoms with E-state index in [1.54, 1.807) is 6.20 Å². The molecule has 0 saturated carbocycles. The van der Waals surface area contributed by atoms with E-state index in [1.165, 1.54) is 0 Å². The van der Waals surface area contributed by atoms with E-state index >= 15 is 0 Å². The standard InChI is InChI=1S/C7H9N3.ClH/c1-2-10-6-5-9-7(10)3-4-8;/h5-6H,2-3H2,1H3;1H. The molecule has 1 rings (SSSR count). The van der Waals surface area contributed by atoms with E-state index in [4.69, 9.17) is 5.26 Å².